The lowest BCUT2D eigenvalue weighted by Gasteiger charge is -2.26. The van der Waals surface area contributed by atoms with Gasteiger partial charge in [0, 0.05) is 22.7 Å². The Balaban J connectivity index is 2.27. The Morgan fingerprint density at radius 2 is 1.75 bits per heavy atom. The van der Waals surface area contributed by atoms with Crippen LogP contribution in [0.1, 0.15) is 39.2 Å². The first-order chi connectivity index (χ1) is 11.3. The number of methoxy groups -OCH3 is 1. The van der Waals surface area contributed by atoms with Crippen LogP contribution in [0.25, 0.3) is 0 Å². The second kappa shape index (κ2) is 7.69. The molecule has 0 N–H and O–H groups in total. The molecule has 0 heterocycles. The number of hydrogen-bond donors (Lipinski definition) is 0. The van der Waals surface area contributed by atoms with E-state index in [1.165, 1.54) is 13.2 Å². The second-order valence-electron chi connectivity index (χ2n) is 5.33. The Hall–Kier alpha value is -2.04. The second-order valence-corrected chi connectivity index (χ2v) is 6.17. The Kier molecular flexibility index (Phi) is 5.86. The fourth-order valence-corrected chi connectivity index (χ4v) is 2.89. The highest BCUT2D eigenvalue weighted by Crippen LogP contribution is 2.29. The minimum atomic E-state index is -0.485. The van der Waals surface area contributed by atoms with Gasteiger partial charge in [-0.05, 0) is 42.8 Å². The zero-order valence-electron chi connectivity index (χ0n) is 13.5. The maximum absolute atomic E-state index is 12.7. The fourth-order valence-electron chi connectivity index (χ4n) is 2.33. The molecule has 0 saturated heterocycles. The number of hydrogen-bond acceptors (Lipinski definition) is 3. The normalized spacial score (nSPS) is 11.7. The van der Waals surface area contributed by atoms with Crippen molar-refractivity contribution >= 4 is 35.1 Å². The van der Waals surface area contributed by atoms with E-state index in [9.17, 15) is 9.59 Å². The molecular weight excluding hydrogens is 349 g/mol. The largest absolute Gasteiger partial charge is 0.465 e. The van der Waals surface area contributed by atoms with Crippen molar-refractivity contribution < 1.29 is 14.3 Å². The van der Waals surface area contributed by atoms with Gasteiger partial charge in [-0.2, -0.15) is 0 Å². The highest BCUT2D eigenvalue weighted by Gasteiger charge is 2.21. The van der Waals surface area contributed by atoms with Gasteiger partial charge in [-0.15, -0.1) is 0 Å². The van der Waals surface area contributed by atoms with Crippen LogP contribution in [0.4, 0.5) is 0 Å². The first-order valence-corrected chi connectivity index (χ1v) is 8.01. The van der Waals surface area contributed by atoms with E-state index in [-0.39, 0.29) is 11.9 Å². The predicted octanol–water partition coefficient (Wildman–Crippen LogP) is 4.61. The maximum atomic E-state index is 12.7. The lowest BCUT2D eigenvalue weighted by molar-refractivity contribution is 0.0600. The highest BCUT2D eigenvalue weighted by atomic mass is 35.5. The van der Waals surface area contributed by atoms with Crippen molar-refractivity contribution in [3.05, 3.63) is 69.2 Å². The number of carbonyl (C=O) groups is 2. The van der Waals surface area contributed by atoms with Gasteiger partial charge in [0.15, 0.2) is 0 Å². The molecule has 2 aromatic rings. The van der Waals surface area contributed by atoms with E-state index < -0.39 is 5.97 Å². The summed E-state index contributed by atoms with van der Waals surface area (Å²) in [7, 11) is 2.98. The average Bonchev–Trinajstić information content (AvgIpc) is 2.59. The number of benzene rings is 2. The van der Waals surface area contributed by atoms with Gasteiger partial charge in [0.1, 0.15) is 0 Å². The van der Waals surface area contributed by atoms with Crippen molar-refractivity contribution in [2.24, 2.45) is 0 Å². The summed E-state index contributed by atoms with van der Waals surface area (Å²) in [6.45, 7) is 1.87. The van der Waals surface area contributed by atoms with Crippen LogP contribution in [0.2, 0.25) is 10.0 Å². The predicted molar refractivity (Wildman–Crippen MR) is 94.8 cm³/mol. The van der Waals surface area contributed by atoms with Crippen LogP contribution in [0.3, 0.4) is 0 Å². The van der Waals surface area contributed by atoms with Gasteiger partial charge < -0.3 is 9.64 Å². The van der Waals surface area contributed by atoms with Crippen LogP contribution in [0.5, 0.6) is 0 Å². The maximum Gasteiger partial charge on any atom is 0.337 e. The SMILES string of the molecule is COC(=O)c1cccc(C(=O)N(C)C(C)c2ccc(Cl)cc2Cl)c1. The lowest BCUT2D eigenvalue weighted by atomic mass is 10.1. The van der Waals surface area contributed by atoms with E-state index in [1.807, 2.05) is 6.92 Å². The minimum Gasteiger partial charge on any atom is -0.465 e. The molecule has 126 valence electrons. The van der Waals surface area contributed by atoms with E-state index in [0.717, 1.165) is 5.56 Å². The van der Waals surface area contributed by atoms with E-state index in [1.54, 1.807) is 48.3 Å². The smallest absolute Gasteiger partial charge is 0.337 e. The summed E-state index contributed by atoms with van der Waals surface area (Å²) in [4.78, 5) is 25.9. The zero-order chi connectivity index (χ0) is 17.9. The number of halogens is 2. The van der Waals surface area contributed by atoms with Crippen LogP contribution in [-0.2, 0) is 4.74 Å². The molecule has 1 amide bonds. The Labute approximate surface area is 150 Å². The summed E-state index contributed by atoms with van der Waals surface area (Å²) in [5.74, 6) is -0.708. The topological polar surface area (TPSA) is 46.6 Å². The van der Waals surface area contributed by atoms with Crippen molar-refractivity contribution in [2.45, 2.75) is 13.0 Å². The fraction of sp³-hybridized carbons (Fsp3) is 0.222. The number of ether oxygens (including phenoxy) is 1. The molecule has 0 spiro atoms. The third kappa shape index (κ3) is 3.89. The Morgan fingerprint density at radius 1 is 1.08 bits per heavy atom. The van der Waals surface area contributed by atoms with E-state index >= 15 is 0 Å². The Morgan fingerprint density at radius 3 is 2.38 bits per heavy atom. The quantitative estimate of drug-likeness (QED) is 0.743. The van der Waals surface area contributed by atoms with Crippen LogP contribution in [0.15, 0.2) is 42.5 Å². The molecule has 1 unspecified atom stereocenters. The van der Waals surface area contributed by atoms with Crippen molar-refractivity contribution in [2.75, 3.05) is 14.2 Å². The van der Waals surface area contributed by atoms with Crippen LogP contribution < -0.4 is 0 Å². The number of nitrogens with zero attached hydrogens (tertiary/aromatic N) is 1. The molecule has 0 saturated carbocycles. The van der Waals surface area contributed by atoms with Gasteiger partial charge in [0.25, 0.3) is 5.91 Å². The molecule has 2 aromatic carbocycles. The van der Waals surface area contributed by atoms with Gasteiger partial charge in [0.05, 0.1) is 18.7 Å². The lowest BCUT2D eigenvalue weighted by Crippen LogP contribution is -2.30. The molecular formula is C18H17Cl2NO3. The number of rotatable bonds is 4. The molecule has 0 fully saturated rings. The van der Waals surface area contributed by atoms with Crippen molar-refractivity contribution in [1.29, 1.82) is 0 Å². The first kappa shape index (κ1) is 18.3. The summed E-state index contributed by atoms with van der Waals surface area (Å²) < 4.78 is 4.68. The van der Waals surface area contributed by atoms with Crippen LogP contribution in [-0.4, -0.2) is 30.9 Å². The average molecular weight is 366 g/mol. The highest BCUT2D eigenvalue weighted by molar-refractivity contribution is 6.35. The van der Waals surface area contributed by atoms with Crippen molar-refractivity contribution in [1.82, 2.24) is 4.90 Å². The Bertz CT molecular complexity index is 777. The van der Waals surface area contributed by atoms with Crippen LogP contribution in [0, 0.1) is 0 Å². The molecule has 24 heavy (non-hydrogen) atoms. The van der Waals surface area contributed by atoms with Gasteiger partial charge in [-0.1, -0.05) is 35.3 Å². The van der Waals surface area contributed by atoms with E-state index in [0.29, 0.717) is 21.2 Å². The molecule has 0 aliphatic rings. The molecule has 4 nitrogen and oxygen atoms in total. The summed E-state index contributed by atoms with van der Waals surface area (Å²) >= 11 is 12.1. The van der Waals surface area contributed by atoms with Crippen LogP contribution >= 0.6 is 23.2 Å². The molecule has 0 aromatic heterocycles. The number of amides is 1. The third-order valence-corrected chi connectivity index (χ3v) is 4.41. The monoisotopic (exact) mass is 365 g/mol. The van der Waals surface area contributed by atoms with Gasteiger partial charge in [0.2, 0.25) is 0 Å². The van der Waals surface area contributed by atoms with Gasteiger partial charge >= 0.3 is 5.97 Å². The summed E-state index contributed by atoms with van der Waals surface area (Å²) in [5.41, 5.74) is 1.52. The number of carbonyl (C=O) groups excluding carboxylic acids is 2. The standard InChI is InChI=1S/C18H17Cl2NO3/c1-11(15-8-7-14(19)10-16(15)20)21(2)17(22)12-5-4-6-13(9-12)18(23)24-3/h4-11H,1-3H3. The molecule has 6 heteroatoms. The minimum absolute atomic E-state index is 0.223. The van der Waals surface area contributed by atoms with Crippen molar-refractivity contribution in [3.8, 4) is 0 Å². The zero-order valence-corrected chi connectivity index (χ0v) is 15.1. The molecule has 0 bridgehead atoms. The summed E-state index contributed by atoms with van der Waals surface area (Å²) in [6, 6.07) is 11.3. The molecule has 1 atom stereocenters. The molecule has 2 rings (SSSR count). The summed E-state index contributed by atoms with van der Waals surface area (Å²) in [5, 5.41) is 1.04. The number of esters is 1. The van der Waals surface area contributed by atoms with Gasteiger partial charge in [-0.3, -0.25) is 4.79 Å². The van der Waals surface area contributed by atoms with E-state index in [2.05, 4.69) is 4.74 Å². The molecule has 0 radical (unpaired) electrons. The first-order valence-electron chi connectivity index (χ1n) is 7.25. The van der Waals surface area contributed by atoms with E-state index in [4.69, 9.17) is 23.2 Å². The third-order valence-electron chi connectivity index (χ3n) is 3.84. The molecule has 0 aliphatic heterocycles. The molecule has 0 aliphatic carbocycles. The van der Waals surface area contributed by atoms with Crippen molar-refractivity contribution in [3.63, 3.8) is 0 Å². The van der Waals surface area contributed by atoms with Gasteiger partial charge in [-0.25, -0.2) is 4.79 Å². The summed E-state index contributed by atoms with van der Waals surface area (Å²) in [6.07, 6.45) is 0.